The molecule has 12 heteroatoms. The fourth-order valence-corrected chi connectivity index (χ4v) is 6.28. The smallest absolute Gasteiger partial charge is 0.332 e. The Labute approximate surface area is 195 Å². The average molecular weight is 487 g/mol. The summed E-state index contributed by atoms with van der Waals surface area (Å²) in [5, 5.41) is 0. The van der Waals surface area contributed by atoms with Gasteiger partial charge in [0.05, 0.1) is 11.2 Å². The van der Waals surface area contributed by atoms with Crippen LogP contribution in [0.4, 0.5) is 0 Å². The number of nitrogens with zero attached hydrogens (tertiary/aromatic N) is 6. The zero-order chi connectivity index (χ0) is 24.2. The third-order valence-corrected chi connectivity index (χ3v) is 8.69. The minimum atomic E-state index is -3.66. The maximum absolute atomic E-state index is 13.1. The molecule has 11 nitrogen and oxygen atoms in total. The van der Waals surface area contributed by atoms with Gasteiger partial charge in [-0.3, -0.25) is 14.2 Å². The fraction of sp³-hybridized carbons (Fsp3) is 0.455. The number of aryl methyl sites for hydroxylation is 4. The van der Waals surface area contributed by atoms with Gasteiger partial charge >= 0.3 is 5.69 Å². The van der Waals surface area contributed by atoms with E-state index < -0.39 is 33.7 Å². The van der Waals surface area contributed by atoms with Crippen LogP contribution < -0.4 is 11.2 Å². The van der Waals surface area contributed by atoms with E-state index in [1.54, 1.807) is 19.2 Å². The predicted octanol–water partition coefficient (Wildman–Crippen LogP) is -0.544. The van der Waals surface area contributed by atoms with Crippen LogP contribution >= 0.6 is 0 Å². The van der Waals surface area contributed by atoms with Crippen molar-refractivity contribution in [1.29, 1.82) is 0 Å². The summed E-state index contributed by atoms with van der Waals surface area (Å²) >= 11 is 0. The van der Waals surface area contributed by atoms with Gasteiger partial charge < -0.3 is 9.47 Å². The van der Waals surface area contributed by atoms with Crippen LogP contribution in [0.15, 0.2) is 39.0 Å². The lowest BCUT2D eigenvalue weighted by Crippen LogP contribution is -2.52. The molecule has 0 bridgehead atoms. The fourth-order valence-electron chi connectivity index (χ4n) is 4.81. The normalized spacial score (nSPS) is 16.8. The van der Waals surface area contributed by atoms with Gasteiger partial charge in [0.1, 0.15) is 6.54 Å². The minimum Gasteiger partial charge on any atom is -0.338 e. The summed E-state index contributed by atoms with van der Waals surface area (Å²) in [4.78, 5) is 44.3. The predicted molar refractivity (Wildman–Crippen MR) is 124 cm³/mol. The third-order valence-electron chi connectivity index (χ3n) is 6.79. The molecule has 180 valence electrons. The number of carbonyl (C=O) groups is 1. The molecule has 2 aliphatic rings. The molecule has 0 spiro atoms. The summed E-state index contributed by atoms with van der Waals surface area (Å²) in [5.41, 5.74) is 1.59. The van der Waals surface area contributed by atoms with Crippen LogP contribution in [0.1, 0.15) is 17.5 Å². The van der Waals surface area contributed by atoms with Gasteiger partial charge in [-0.2, -0.15) is 4.31 Å². The molecule has 0 unspecified atom stereocenters. The zero-order valence-corrected chi connectivity index (χ0v) is 19.9. The number of hydrogen-bond donors (Lipinski definition) is 0. The van der Waals surface area contributed by atoms with Gasteiger partial charge in [-0.15, -0.1) is 0 Å². The van der Waals surface area contributed by atoms with Crippen molar-refractivity contribution in [2.24, 2.45) is 14.1 Å². The molecule has 0 N–H and O–H groups in total. The number of sulfonamides is 1. The first-order chi connectivity index (χ1) is 16.2. The second-order valence-corrected chi connectivity index (χ2v) is 10.8. The number of aromatic nitrogens is 4. The monoisotopic (exact) mass is 486 g/mol. The molecule has 3 heterocycles. The Morgan fingerprint density at radius 3 is 2.47 bits per heavy atom. The molecule has 0 saturated carbocycles. The molecule has 1 aliphatic heterocycles. The van der Waals surface area contributed by atoms with E-state index >= 15 is 0 Å². The van der Waals surface area contributed by atoms with Crippen LogP contribution in [-0.2, 0) is 48.3 Å². The highest BCUT2D eigenvalue weighted by molar-refractivity contribution is 7.89. The molecular weight excluding hydrogens is 460 g/mol. The Kier molecular flexibility index (Phi) is 5.44. The standard InChI is InChI=1S/C22H26N6O5S/c1-24-14-23-20-19(24)21(30)28(22(31)25(20)2)13-18(29)26-8-10-27(11-9-26)34(32,33)17-7-6-15-4-3-5-16(15)12-17/h6-7,12,14H,3-5,8-11,13H2,1-2H3. The van der Waals surface area contributed by atoms with Crippen LogP contribution in [0.25, 0.3) is 11.2 Å². The summed E-state index contributed by atoms with van der Waals surface area (Å²) in [6, 6.07) is 5.33. The maximum Gasteiger partial charge on any atom is 0.332 e. The zero-order valence-electron chi connectivity index (χ0n) is 19.1. The quantitative estimate of drug-likeness (QED) is 0.488. The second-order valence-electron chi connectivity index (χ2n) is 8.83. The molecule has 34 heavy (non-hydrogen) atoms. The molecule has 1 aromatic carbocycles. The average Bonchev–Trinajstić information content (AvgIpc) is 3.46. The van der Waals surface area contributed by atoms with E-state index in [4.69, 9.17) is 0 Å². The molecule has 2 aromatic heterocycles. The van der Waals surface area contributed by atoms with Gasteiger partial charge in [-0.1, -0.05) is 6.07 Å². The van der Waals surface area contributed by atoms with Crippen molar-refractivity contribution in [3.05, 3.63) is 56.5 Å². The Balaban J connectivity index is 1.31. The first-order valence-corrected chi connectivity index (χ1v) is 12.6. The number of amides is 1. The molecule has 1 amide bonds. The maximum atomic E-state index is 13.1. The van der Waals surface area contributed by atoms with Crippen LogP contribution in [0, 0.1) is 0 Å². The number of piperazine rings is 1. The molecule has 0 atom stereocenters. The minimum absolute atomic E-state index is 0.152. The van der Waals surface area contributed by atoms with Gasteiger partial charge in [0.15, 0.2) is 11.2 Å². The summed E-state index contributed by atoms with van der Waals surface area (Å²) in [6.07, 6.45) is 4.36. The summed E-state index contributed by atoms with van der Waals surface area (Å²) in [7, 11) is -0.509. The van der Waals surface area contributed by atoms with E-state index in [0.717, 1.165) is 29.4 Å². The SMILES string of the molecule is Cn1cnc2c1c(=O)n(CC(=O)N1CCN(S(=O)(=O)c3ccc4c(c3)CCC4)CC1)c(=O)n2C. The van der Waals surface area contributed by atoms with Crippen LogP contribution in [0.2, 0.25) is 0 Å². The Morgan fingerprint density at radius 2 is 1.74 bits per heavy atom. The van der Waals surface area contributed by atoms with Crippen molar-refractivity contribution in [2.75, 3.05) is 26.2 Å². The van der Waals surface area contributed by atoms with E-state index in [9.17, 15) is 22.8 Å². The number of hydrogen-bond acceptors (Lipinski definition) is 6. The lowest BCUT2D eigenvalue weighted by atomic mass is 10.1. The summed E-state index contributed by atoms with van der Waals surface area (Å²) < 4.78 is 31.3. The molecular formula is C22H26N6O5S. The lowest BCUT2D eigenvalue weighted by molar-refractivity contribution is -0.133. The lowest BCUT2D eigenvalue weighted by Gasteiger charge is -2.34. The van der Waals surface area contributed by atoms with Crippen LogP contribution in [-0.4, -0.2) is 68.4 Å². The Hall–Kier alpha value is -3.25. The first kappa shape index (κ1) is 22.5. The number of fused-ring (bicyclic) bond motifs is 2. The molecule has 0 radical (unpaired) electrons. The molecule has 1 saturated heterocycles. The highest BCUT2D eigenvalue weighted by Gasteiger charge is 2.31. The number of imidazole rings is 1. The number of carbonyl (C=O) groups excluding carboxylic acids is 1. The molecule has 1 aliphatic carbocycles. The van der Waals surface area contributed by atoms with E-state index in [-0.39, 0.29) is 42.2 Å². The van der Waals surface area contributed by atoms with E-state index in [2.05, 4.69) is 4.98 Å². The van der Waals surface area contributed by atoms with Crippen molar-refractivity contribution in [3.8, 4) is 0 Å². The highest BCUT2D eigenvalue weighted by Crippen LogP contribution is 2.26. The van der Waals surface area contributed by atoms with Crippen LogP contribution in [0.3, 0.4) is 0 Å². The van der Waals surface area contributed by atoms with Crippen LogP contribution in [0.5, 0.6) is 0 Å². The number of benzene rings is 1. The highest BCUT2D eigenvalue weighted by atomic mass is 32.2. The van der Waals surface area contributed by atoms with E-state index in [0.29, 0.717) is 0 Å². The molecule has 5 rings (SSSR count). The molecule has 1 fully saturated rings. The Bertz CT molecular complexity index is 1530. The van der Waals surface area contributed by atoms with Crippen molar-refractivity contribution < 1.29 is 13.2 Å². The van der Waals surface area contributed by atoms with Gasteiger partial charge in [0.25, 0.3) is 5.56 Å². The van der Waals surface area contributed by atoms with E-state index in [1.165, 1.54) is 37.3 Å². The van der Waals surface area contributed by atoms with E-state index in [1.807, 2.05) is 6.07 Å². The van der Waals surface area contributed by atoms with Crippen molar-refractivity contribution >= 4 is 27.1 Å². The second kappa shape index (κ2) is 8.20. The van der Waals surface area contributed by atoms with Crippen molar-refractivity contribution in [3.63, 3.8) is 0 Å². The van der Waals surface area contributed by atoms with Gasteiger partial charge in [0, 0.05) is 40.3 Å². The Morgan fingerprint density at radius 1 is 1.03 bits per heavy atom. The third kappa shape index (κ3) is 3.57. The van der Waals surface area contributed by atoms with Crippen molar-refractivity contribution in [1.82, 2.24) is 27.9 Å². The van der Waals surface area contributed by atoms with Gasteiger partial charge in [0.2, 0.25) is 15.9 Å². The van der Waals surface area contributed by atoms with Crippen molar-refractivity contribution in [2.45, 2.75) is 30.7 Å². The van der Waals surface area contributed by atoms with Gasteiger partial charge in [-0.25, -0.2) is 22.8 Å². The molecule has 3 aromatic rings. The first-order valence-electron chi connectivity index (χ1n) is 11.2. The van der Waals surface area contributed by atoms with Gasteiger partial charge in [-0.05, 0) is 42.5 Å². The summed E-state index contributed by atoms with van der Waals surface area (Å²) in [6.45, 7) is 0.264. The topological polar surface area (TPSA) is 120 Å². The number of rotatable bonds is 4. The summed E-state index contributed by atoms with van der Waals surface area (Å²) in [5.74, 6) is -0.407. The largest absolute Gasteiger partial charge is 0.338 e.